The van der Waals surface area contributed by atoms with E-state index in [1.807, 2.05) is 0 Å². The number of hydrogen-bond acceptors (Lipinski definition) is 11. The lowest BCUT2D eigenvalue weighted by Gasteiger charge is -2.22. The van der Waals surface area contributed by atoms with E-state index in [9.17, 15) is 19.2 Å². The van der Waals surface area contributed by atoms with Crippen LogP contribution >= 0.6 is 0 Å². The zero-order valence-corrected chi connectivity index (χ0v) is 19.5. The van der Waals surface area contributed by atoms with Gasteiger partial charge in [0.1, 0.15) is 18.2 Å². The number of carbonyl (C=O) groups is 4. The summed E-state index contributed by atoms with van der Waals surface area (Å²) in [6.45, 7) is 8.23. The summed E-state index contributed by atoms with van der Waals surface area (Å²) in [5.41, 5.74) is 6.46. The Kier molecular flexibility index (Phi) is 11.7. The molecule has 0 radical (unpaired) electrons. The van der Waals surface area contributed by atoms with Gasteiger partial charge in [-0.2, -0.15) is 0 Å². The number of nitrogens with two attached hydrogens (primary N) is 1. The highest BCUT2D eigenvalue weighted by Crippen LogP contribution is 2.30. The van der Waals surface area contributed by atoms with Crippen LogP contribution in [0.3, 0.4) is 0 Å². The van der Waals surface area contributed by atoms with Gasteiger partial charge in [0, 0.05) is 6.42 Å². The van der Waals surface area contributed by atoms with Crippen molar-refractivity contribution in [2.75, 3.05) is 13.2 Å². The third kappa shape index (κ3) is 9.77. The van der Waals surface area contributed by atoms with Crippen molar-refractivity contribution < 1.29 is 47.6 Å². The molecule has 0 aromatic heterocycles. The lowest BCUT2D eigenvalue weighted by atomic mass is 10.1. The van der Waals surface area contributed by atoms with E-state index in [0.717, 1.165) is 0 Å². The minimum atomic E-state index is -1.06. The second kappa shape index (κ2) is 13.9. The van der Waals surface area contributed by atoms with Gasteiger partial charge >= 0.3 is 24.2 Å². The largest absolute Gasteiger partial charge is 0.513 e. The third-order valence-corrected chi connectivity index (χ3v) is 4.25. The lowest BCUT2D eigenvalue weighted by molar-refractivity contribution is -0.166. The Morgan fingerprint density at radius 1 is 0.848 bits per heavy atom. The molecule has 184 valence electrons. The van der Waals surface area contributed by atoms with E-state index < -0.39 is 42.5 Å². The molecule has 0 saturated heterocycles. The maximum absolute atomic E-state index is 12.4. The minimum absolute atomic E-state index is 0.0214. The summed E-state index contributed by atoms with van der Waals surface area (Å²) in [6, 6.07) is 3.23. The van der Waals surface area contributed by atoms with Gasteiger partial charge in [0.05, 0.1) is 13.2 Å². The Bertz CT molecular complexity index is 825. The quantitative estimate of drug-likeness (QED) is 0.289. The highest BCUT2D eigenvalue weighted by Gasteiger charge is 2.24. The smallest absolute Gasteiger partial charge is 0.459 e. The summed E-state index contributed by atoms with van der Waals surface area (Å²) in [6.07, 6.45) is -3.10. The van der Waals surface area contributed by atoms with Crippen LogP contribution in [0.1, 0.15) is 46.6 Å². The van der Waals surface area contributed by atoms with Crippen molar-refractivity contribution >= 4 is 24.2 Å². The predicted octanol–water partition coefficient (Wildman–Crippen LogP) is 2.90. The highest BCUT2D eigenvalue weighted by atomic mass is 16.7. The Hall–Kier alpha value is -3.34. The van der Waals surface area contributed by atoms with Gasteiger partial charge in [-0.25, -0.2) is 9.59 Å². The zero-order chi connectivity index (χ0) is 25.0. The number of carbonyl (C=O) groups excluding carboxylic acids is 4. The standard InChI is InChI=1S/C22H31NO10/c1-6-19(24)30-13(4)14(5)31-20(25)16(23)11-15-9-10-17(32-21(26)28-7-2)18(12-15)33-22(27)29-8-3/h9-10,12-14,16H,6-8,11,23H2,1-5H3/t13-,14-,16-/m0/s1. The molecule has 33 heavy (non-hydrogen) atoms. The molecular formula is C22H31NO10. The van der Waals surface area contributed by atoms with Gasteiger partial charge in [0.15, 0.2) is 11.5 Å². The second-order valence-corrected chi connectivity index (χ2v) is 6.85. The molecule has 0 amide bonds. The molecule has 3 atom stereocenters. The van der Waals surface area contributed by atoms with E-state index >= 15 is 0 Å². The van der Waals surface area contributed by atoms with Crippen molar-refractivity contribution in [3.8, 4) is 11.5 Å². The van der Waals surface area contributed by atoms with E-state index in [0.29, 0.717) is 5.56 Å². The van der Waals surface area contributed by atoms with Crippen LogP contribution in [0.25, 0.3) is 0 Å². The normalized spacial score (nSPS) is 13.2. The molecule has 0 heterocycles. The summed E-state index contributed by atoms with van der Waals surface area (Å²) in [4.78, 5) is 47.2. The molecule has 1 aromatic rings. The second-order valence-electron chi connectivity index (χ2n) is 6.85. The summed E-state index contributed by atoms with van der Waals surface area (Å²) in [7, 11) is 0. The SMILES string of the molecule is CCOC(=O)Oc1ccc(C[C@H](N)C(=O)O[C@@H](C)[C@H](C)OC(=O)CC)cc1OC(=O)OCC. The summed E-state index contributed by atoms with van der Waals surface area (Å²) >= 11 is 0. The van der Waals surface area contributed by atoms with Gasteiger partial charge < -0.3 is 34.2 Å². The molecule has 0 spiro atoms. The first-order valence-electron chi connectivity index (χ1n) is 10.6. The Balaban J connectivity index is 2.89. The van der Waals surface area contributed by atoms with E-state index in [-0.39, 0.29) is 37.6 Å². The van der Waals surface area contributed by atoms with E-state index in [4.69, 9.17) is 34.2 Å². The molecule has 0 saturated carbocycles. The number of rotatable bonds is 11. The van der Waals surface area contributed by atoms with Crippen molar-refractivity contribution in [3.05, 3.63) is 23.8 Å². The van der Waals surface area contributed by atoms with Crippen LogP contribution in [0.15, 0.2) is 18.2 Å². The van der Waals surface area contributed by atoms with Crippen molar-refractivity contribution in [1.82, 2.24) is 0 Å². The fourth-order valence-electron chi connectivity index (χ4n) is 2.41. The first-order chi connectivity index (χ1) is 15.6. The molecular weight excluding hydrogens is 438 g/mol. The minimum Gasteiger partial charge on any atom is -0.459 e. The molecule has 11 heteroatoms. The molecule has 2 N–H and O–H groups in total. The van der Waals surface area contributed by atoms with Gasteiger partial charge in [-0.05, 0) is 51.8 Å². The van der Waals surface area contributed by atoms with Gasteiger partial charge in [0.25, 0.3) is 0 Å². The number of ether oxygens (including phenoxy) is 6. The van der Waals surface area contributed by atoms with Gasteiger partial charge in [-0.15, -0.1) is 0 Å². The zero-order valence-electron chi connectivity index (χ0n) is 19.5. The average molecular weight is 469 g/mol. The van der Waals surface area contributed by atoms with Crippen LogP contribution in [-0.2, 0) is 35.0 Å². The Morgan fingerprint density at radius 3 is 1.94 bits per heavy atom. The maximum atomic E-state index is 12.4. The molecule has 0 aliphatic heterocycles. The molecule has 1 rings (SSSR count). The van der Waals surface area contributed by atoms with Crippen LogP contribution in [0.5, 0.6) is 11.5 Å². The summed E-state index contributed by atoms with van der Waals surface area (Å²) in [5.74, 6) is -1.31. The fraction of sp³-hybridized carbons (Fsp3) is 0.545. The topological polar surface area (TPSA) is 150 Å². The summed E-state index contributed by atoms with van der Waals surface area (Å²) < 4.78 is 30.0. The molecule has 0 aliphatic carbocycles. The van der Waals surface area contributed by atoms with Crippen molar-refractivity contribution in [2.45, 2.75) is 65.7 Å². The van der Waals surface area contributed by atoms with E-state index in [1.165, 1.54) is 18.2 Å². The molecule has 0 aliphatic rings. The number of benzene rings is 1. The first-order valence-corrected chi connectivity index (χ1v) is 10.6. The van der Waals surface area contributed by atoms with Crippen molar-refractivity contribution in [3.63, 3.8) is 0 Å². The van der Waals surface area contributed by atoms with Crippen LogP contribution < -0.4 is 15.2 Å². The average Bonchev–Trinajstić information content (AvgIpc) is 2.75. The molecule has 0 unspecified atom stereocenters. The van der Waals surface area contributed by atoms with Crippen LogP contribution in [0.2, 0.25) is 0 Å². The highest BCUT2D eigenvalue weighted by molar-refractivity contribution is 5.76. The van der Waals surface area contributed by atoms with E-state index in [1.54, 1.807) is 34.6 Å². The van der Waals surface area contributed by atoms with Crippen molar-refractivity contribution in [2.24, 2.45) is 5.73 Å². The molecule has 0 bridgehead atoms. The fourth-order valence-corrected chi connectivity index (χ4v) is 2.41. The predicted molar refractivity (Wildman–Crippen MR) is 115 cm³/mol. The third-order valence-electron chi connectivity index (χ3n) is 4.25. The van der Waals surface area contributed by atoms with Crippen LogP contribution in [0, 0.1) is 0 Å². The van der Waals surface area contributed by atoms with Crippen LogP contribution in [0.4, 0.5) is 9.59 Å². The Labute approximate surface area is 192 Å². The lowest BCUT2D eigenvalue weighted by Crippen LogP contribution is -2.39. The monoisotopic (exact) mass is 469 g/mol. The van der Waals surface area contributed by atoms with E-state index in [2.05, 4.69) is 0 Å². The van der Waals surface area contributed by atoms with Crippen molar-refractivity contribution in [1.29, 1.82) is 0 Å². The molecule has 11 nitrogen and oxygen atoms in total. The first kappa shape index (κ1) is 27.7. The molecule has 1 aromatic carbocycles. The van der Waals surface area contributed by atoms with Crippen LogP contribution in [-0.4, -0.2) is 55.7 Å². The van der Waals surface area contributed by atoms with Gasteiger partial charge in [0.2, 0.25) is 0 Å². The number of esters is 2. The van der Waals surface area contributed by atoms with Gasteiger partial charge in [-0.3, -0.25) is 9.59 Å². The molecule has 0 fully saturated rings. The van der Waals surface area contributed by atoms with Gasteiger partial charge in [-0.1, -0.05) is 13.0 Å². The maximum Gasteiger partial charge on any atom is 0.513 e. The Morgan fingerprint density at radius 2 is 1.39 bits per heavy atom. The summed E-state index contributed by atoms with van der Waals surface area (Å²) in [5, 5.41) is 0. The number of hydrogen-bond donors (Lipinski definition) is 1.